The molecule has 5 rings (SSSR count). The number of nitrogens with zero attached hydrogens (tertiary/aromatic N) is 1. The first-order valence-electron chi connectivity index (χ1n) is 12.4. The molecule has 200 valence electrons. The number of allylic oxidation sites excluding steroid dienone is 2. The normalized spacial score (nSPS) is 14.9. The molecule has 1 aliphatic heterocycles. The highest BCUT2D eigenvalue weighted by molar-refractivity contribution is 8.08. The van der Waals surface area contributed by atoms with Crippen molar-refractivity contribution in [1.82, 2.24) is 5.43 Å². The van der Waals surface area contributed by atoms with E-state index >= 15 is 0 Å². The fourth-order valence-electron chi connectivity index (χ4n) is 4.87. The van der Waals surface area contributed by atoms with Crippen LogP contribution in [0.2, 0.25) is 0 Å². The number of halogens is 3. The first-order valence-corrected chi connectivity index (χ1v) is 13.8. The number of hydrogen-bond acceptors (Lipinski definition) is 4. The van der Waals surface area contributed by atoms with Gasteiger partial charge in [0.15, 0.2) is 5.11 Å². The van der Waals surface area contributed by atoms with Gasteiger partial charge in [-0.3, -0.25) is 5.43 Å². The summed E-state index contributed by atoms with van der Waals surface area (Å²) in [4.78, 5) is 1.11. The van der Waals surface area contributed by atoms with Crippen LogP contribution in [0.1, 0.15) is 39.8 Å². The molecule has 0 bridgehead atoms. The summed E-state index contributed by atoms with van der Waals surface area (Å²) in [6.45, 7) is 4.06. The number of para-hydroxylation sites is 1. The molecule has 0 amide bonds. The van der Waals surface area contributed by atoms with Crippen molar-refractivity contribution in [2.75, 3.05) is 11.1 Å². The summed E-state index contributed by atoms with van der Waals surface area (Å²) < 4.78 is 41.6. The molecule has 0 fully saturated rings. The quantitative estimate of drug-likeness (QED) is 0.186. The highest BCUT2D eigenvalue weighted by atomic mass is 32.2. The number of ether oxygens (including phenoxy) is 1. The molecule has 3 aromatic carbocycles. The van der Waals surface area contributed by atoms with E-state index in [0.29, 0.717) is 5.11 Å². The van der Waals surface area contributed by atoms with Crippen LogP contribution in [0.25, 0.3) is 10.5 Å². The van der Waals surface area contributed by atoms with E-state index in [0.717, 1.165) is 51.4 Å². The lowest BCUT2D eigenvalue weighted by molar-refractivity contribution is -0.274. The highest BCUT2D eigenvalue weighted by Gasteiger charge is 2.31. The van der Waals surface area contributed by atoms with E-state index in [1.807, 2.05) is 38.1 Å². The zero-order valence-corrected chi connectivity index (χ0v) is 23.0. The van der Waals surface area contributed by atoms with Crippen molar-refractivity contribution in [3.63, 3.8) is 0 Å². The minimum absolute atomic E-state index is 0.215. The van der Waals surface area contributed by atoms with Crippen LogP contribution in [0.3, 0.4) is 0 Å². The maximum Gasteiger partial charge on any atom is 0.573 e. The van der Waals surface area contributed by atoms with Gasteiger partial charge in [-0.15, -0.1) is 24.9 Å². The minimum Gasteiger partial charge on any atom is -0.406 e. The van der Waals surface area contributed by atoms with Crippen LogP contribution in [0.5, 0.6) is 5.75 Å². The lowest BCUT2D eigenvalue weighted by Gasteiger charge is -2.28. The standard InChI is InChI=1S/C30H26F3N3OS2/c1-18-4-3-5-19(2)27(18)35-29(38)36-34-17-20-6-12-24-22(16-20)9-13-26-25(24)14-15-39-28(26)21-7-10-23(11-8-21)37-30(31,32)33/h3-8,10-12,14,16-17H,9,13,15H2,1-2H3,(H2,35,36,38)/b34-17+. The van der Waals surface area contributed by atoms with Gasteiger partial charge in [-0.05, 0) is 102 Å². The Kier molecular flexibility index (Phi) is 7.81. The second-order valence-electron chi connectivity index (χ2n) is 9.32. The van der Waals surface area contributed by atoms with Gasteiger partial charge in [-0.2, -0.15) is 5.10 Å². The van der Waals surface area contributed by atoms with Crippen LogP contribution in [0.4, 0.5) is 18.9 Å². The average molecular weight is 566 g/mol. The zero-order chi connectivity index (χ0) is 27.6. The molecule has 4 nitrogen and oxygen atoms in total. The molecule has 0 unspecified atom stereocenters. The number of hydrazone groups is 1. The number of anilines is 1. The Balaban J connectivity index is 1.29. The molecule has 0 radical (unpaired) electrons. The third-order valence-electron chi connectivity index (χ3n) is 6.63. The Labute approximate surface area is 235 Å². The predicted octanol–water partition coefficient (Wildman–Crippen LogP) is 8.01. The summed E-state index contributed by atoms with van der Waals surface area (Å²) in [7, 11) is 0. The first kappa shape index (κ1) is 27.0. The van der Waals surface area contributed by atoms with E-state index in [-0.39, 0.29) is 5.75 Å². The molecule has 0 aromatic heterocycles. The summed E-state index contributed by atoms with van der Waals surface area (Å²) in [5, 5.41) is 7.96. The summed E-state index contributed by atoms with van der Waals surface area (Å²) in [6.07, 6.45) is 1.00. The van der Waals surface area contributed by atoms with Crippen molar-refractivity contribution < 1.29 is 17.9 Å². The number of alkyl halides is 3. The molecule has 9 heteroatoms. The van der Waals surface area contributed by atoms with Crippen LogP contribution < -0.4 is 15.5 Å². The largest absolute Gasteiger partial charge is 0.573 e. The maximum absolute atomic E-state index is 12.5. The van der Waals surface area contributed by atoms with Crippen molar-refractivity contribution in [2.45, 2.75) is 33.1 Å². The summed E-state index contributed by atoms with van der Waals surface area (Å²) in [5.74, 6) is 0.583. The Hall–Kier alpha value is -3.56. The van der Waals surface area contributed by atoms with Gasteiger partial charge < -0.3 is 10.1 Å². The van der Waals surface area contributed by atoms with Gasteiger partial charge in [0.2, 0.25) is 0 Å². The lowest BCUT2D eigenvalue weighted by atomic mass is 9.81. The average Bonchev–Trinajstić information content (AvgIpc) is 2.90. The van der Waals surface area contributed by atoms with Gasteiger partial charge >= 0.3 is 6.36 Å². The Bertz CT molecular complexity index is 1490. The van der Waals surface area contributed by atoms with Crippen molar-refractivity contribution in [3.8, 4) is 5.75 Å². The topological polar surface area (TPSA) is 45.7 Å². The number of aryl methyl sites for hydroxylation is 3. The smallest absolute Gasteiger partial charge is 0.406 e. The van der Waals surface area contributed by atoms with E-state index in [2.05, 4.69) is 38.8 Å². The third kappa shape index (κ3) is 6.37. The monoisotopic (exact) mass is 565 g/mol. The van der Waals surface area contributed by atoms with Crippen LogP contribution in [0, 0.1) is 13.8 Å². The Morgan fingerprint density at radius 2 is 1.77 bits per heavy atom. The summed E-state index contributed by atoms with van der Waals surface area (Å²) in [5.41, 5.74) is 12.8. The van der Waals surface area contributed by atoms with E-state index in [1.165, 1.54) is 34.4 Å². The van der Waals surface area contributed by atoms with Gasteiger partial charge in [0, 0.05) is 16.3 Å². The van der Waals surface area contributed by atoms with Crippen molar-refractivity contribution in [1.29, 1.82) is 0 Å². The molecule has 2 aliphatic rings. The van der Waals surface area contributed by atoms with E-state index in [1.54, 1.807) is 30.1 Å². The number of nitrogens with one attached hydrogen (secondary N) is 2. The molecule has 1 aliphatic carbocycles. The molecule has 2 N–H and O–H groups in total. The number of fused-ring (bicyclic) bond motifs is 3. The zero-order valence-electron chi connectivity index (χ0n) is 21.4. The molecule has 0 atom stereocenters. The summed E-state index contributed by atoms with van der Waals surface area (Å²) in [6, 6.07) is 18.5. The van der Waals surface area contributed by atoms with Gasteiger partial charge in [0.05, 0.1) is 6.21 Å². The molecule has 3 aromatic rings. The number of thiocarbonyl (C=S) groups is 1. The first-order chi connectivity index (χ1) is 18.7. The second kappa shape index (κ2) is 11.3. The van der Waals surface area contributed by atoms with E-state index < -0.39 is 6.36 Å². The van der Waals surface area contributed by atoms with Crippen molar-refractivity contribution in [3.05, 3.63) is 106 Å². The molecule has 0 spiro atoms. The van der Waals surface area contributed by atoms with E-state index in [9.17, 15) is 13.2 Å². The number of benzene rings is 3. The maximum atomic E-state index is 12.5. The van der Waals surface area contributed by atoms with Gasteiger partial charge in [0.25, 0.3) is 0 Å². The number of rotatable bonds is 5. The molecular weight excluding hydrogens is 539 g/mol. The van der Waals surface area contributed by atoms with Crippen LogP contribution in [-0.4, -0.2) is 23.4 Å². The highest BCUT2D eigenvalue weighted by Crippen LogP contribution is 2.46. The third-order valence-corrected chi connectivity index (χ3v) is 7.93. The molecule has 0 saturated heterocycles. The number of thioether (sulfide) groups is 1. The SMILES string of the molecule is Cc1cccc(C)c1NC(=S)N/N=C/c1ccc2c(c1)CCC1=C(c3ccc(OC(F)(F)F)cc3)SCC=C12. The fraction of sp³-hybridized carbons (Fsp3) is 0.200. The van der Waals surface area contributed by atoms with Crippen LogP contribution >= 0.6 is 24.0 Å². The Morgan fingerprint density at radius 1 is 1.03 bits per heavy atom. The Morgan fingerprint density at radius 3 is 2.49 bits per heavy atom. The molecule has 1 heterocycles. The van der Waals surface area contributed by atoms with Crippen LogP contribution in [0.15, 0.2) is 77.4 Å². The molecule has 0 saturated carbocycles. The minimum atomic E-state index is -4.70. The number of hydrogen-bond donors (Lipinski definition) is 2. The van der Waals surface area contributed by atoms with Gasteiger partial charge in [-0.25, -0.2) is 0 Å². The molecule has 39 heavy (non-hydrogen) atoms. The van der Waals surface area contributed by atoms with E-state index in [4.69, 9.17) is 12.2 Å². The van der Waals surface area contributed by atoms with Crippen LogP contribution in [-0.2, 0) is 6.42 Å². The predicted molar refractivity (Wildman–Crippen MR) is 158 cm³/mol. The lowest BCUT2D eigenvalue weighted by Crippen LogP contribution is -2.24. The van der Waals surface area contributed by atoms with Gasteiger partial charge in [0.1, 0.15) is 5.75 Å². The second-order valence-corrected chi connectivity index (χ2v) is 10.8. The summed E-state index contributed by atoms with van der Waals surface area (Å²) >= 11 is 7.11. The van der Waals surface area contributed by atoms with Gasteiger partial charge in [-0.1, -0.05) is 48.5 Å². The fourth-order valence-corrected chi connectivity index (χ4v) is 6.13. The van der Waals surface area contributed by atoms with Crippen molar-refractivity contribution in [2.24, 2.45) is 5.10 Å². The molecular formula is C30H26F3N3OS2. The van der Waals surface area contributed by atoms with Crippen molar-refractivity contribution >= 4 is 51.5 Å².